The summed E-state index contributed by atoms with van der Waals surface area (Å²) in [6.07, 6.45) is 10.6. The van der Waals surface area contributed by atoms with Gasteiger partial charge in [0.15, 0.2) is 0 Å². The van der Waals surface area contributed by atoms with E-state index in [-0.39, 0.29) is 0 Å². The molecule has 0 N–H and O–H groups in total. The van der Waals surface area contributed by atoms with Crippen LogP contribution < -0.4 is 0 Å². The molecule has 0 bridgehead atoms. The number of aromatic nitrogens is 2. The quantitative estimate of drug-likeness (QED) is 0.857. The van der Waals surface area contributed by atoms with Gasteiger partial charge in [0.1, 0.15) is 5.82 Å². The molecule has 1 aliphatic heterocycles. The molecule has 1 saturated heterocycles. The van der Waals surface area contributed by atoms with Gasteiger partial charge in [0.25, 0.3) is 0 Å². The topological polar surface area (TPSA) is 38.1 Å². The molecule has 2 heterocycles. The highest BCUT2D eigenvalue weighted by atomic mass is 16.2. The van der Waals surface area contributed by atoms with Crippen LogP contribution in [0.5, 0.6) is 0 Å². The zero-order valence-electron chi connectivity index (χ0n) is 13.6. The van der Waals surface area contributed by atoms with Gasteiger partial charge in [-0.1, -0.05) is 6.42 Å². The molecule has 2 aliphatic carbocycles. The predicted molar refractivity (Wildman–Crippen MR) is 85.6 cm³/mol. The molecular weight excluding hydrogens is 274 g/mol. The smallest absolute Gasteiger partial charge is 0.225 e. The first-order valence-electron chi connectivity index (χ1n) is 9.03. The lowest BCUT2D eigenvalue weighted by atomic mass is 9.84. The van der Waals surface area contributed by atoms with Crippen molar-refractivity contribution < 1.29 is 4.79 Å². The number of hydrogen-bond acceptors (Lipinski definition) is 2. The van der Waals surface area contributed by atoms with E-state index in [1.54, 1.807) is 0 Å². The average Bonchev–Trinajstić information content (AvgIpc) is 3.27. The summed E-state index contributed by atoms with van der Waals surface area (Å²) in [6, 6.07) is 0. The van der Waals surface area contributed by atoms with E-state index < -0.39 is 0 Å². The summed E-state index contributed by atoms with van der Waals surface area (Å²) in [5.41, 5.74) is 1.30. The number of likely N-dealkylation sites (tertiary alicyclic amines) is 1. The van der Waals surface area contributed by atoms with Gasteiger partial charge in [-0.15, -0.1) is 0 Å². The van der Waals surface area contributed by atoms with Crippen LogP contribution in [0.3, 0.4) is 0 Å². The van der Waals surface area contributed by atoms with E-state index in [0.29, 0.717) is 23.7 Å². The molecule has 2 saturated carbocycles. The van der Waals surface area contributed by atoms with Crippen LogP contribution in [0, 0.1) is 18.8 Å². The molecule has 0 unspecified atom stereocenters. The normalized spacial score (nSPS) is 23.6. The molecule has 1 amide bonds. The molecular formula is C18H27N3O. The Balaban J connectivity index is 1.36. The van der Waals surface area contributed by atoms with Crippen molar-refractivity contribution in [1.82, 2.24) is 14.5 Å². The zero-order chi connectivity index (χ0) is 15.1. The lowest BCUT2D eigenvalue weighted by Gasteiger charge is -2.33. The summed E-state index contributed by atoms with van der Waals surface area (Å²) in [5.74, 6) is 3.52. The molecule has 4 heteroatoms. The third kappa shape index (κ3) is 2.68. The second-order valence-electron chi connectivity index (χ2n) is 7.54. The van der Waals surface area contributed by atoms with E-state index in [9.17, 15) is 4.79 Å². The molecule has 0 aromatic carbocycles. The summed E-state index contributed by atoms with van der Waals surface area (Å²) in [4.78, 5) is 18.9. The first-order chi connectivity index (χ1) is 10.7. The van der Waals surface area contributed by atoms with Crippen molar-refractivity contribution in [3.8, 4) is 0 Å². The molecule has 0 atom stereocenters. The van der Waals surface area contributed by atoms with Crippen LogP contribution in [0.15, 0.2) is 6.20 Å². The number of carbonyl (C=O) groups excluding carboxylic acids is 1. The number of aryl methyl sites for hydroxylation is 1. The highest BCUT2D eigenvalue weighted by molar-refractivity contribution is 5.81. The number of amides is 1. The van der Waals surface area contributed by atoms with E-state index in [2.05, 4.69) is 21.4 Å². The van der Waals surface area contributed by atoms with Gasteiger partial charge in [-0.2, -0.15) is 0 Å². The van der Waals surface area contributed by atoms with Crippen molar-refractivity contribution in [3.05, 3.63) is 17.7 Å². The van der Waals surface area contributed by atoms with Crippen LogP contribution in [0.4, 0.5) is 0 Å². The molecule has 4 rings (SSSR count). The molecule has 0 spiro atoms. The highest BCUT2D eigenvalue weighted by Crippen LogP contribution is 2.37. The van der Waals surface area contributed by atoms with Gasteiger partial charge in [-0.25, -0.2) is 4.98 Å². The van der Waals surface area contributed by atoms with Crippen molar-refractivity contribution in [2.45, 2.75) is 64.3 Å². The van der Waals surface area contributed by atoms with Crippen LogP contribution in [0.1, 0.15) is 62.4 Å². The second-order valence-corrected chi connectivity index (χ2v) is 7.54. The zero-order valence-corrected chi connectivity index (χ0v) is 13.6. The minimum absolute atomic E-state index is 0.373. The fourth-order valence-electron chi connectivity index (χ4n) is 3.89. The number of nitrogens with zero attached hydrogens (tertiary/aromatic N) is 3. The van der Waals surface area contributed by atoms with E-state index in [1.807, 2.05) is 6.20 Å². The van der Waals surface area contributed by atoms with Gasteiger partial charge < -0.3 is 9.47 Å². The van der Waals surface area contributed by atoms with Crippen LogP contribution >= 0.6 is 0 Å². The third-order valence-corrected chi connectivity index (χ3v) is 5.85. The summed E-state index contributed by atoms with van der Waals surface area (Å²) in [6.45, 7) is 5.21. The van der Waals surface area contributed by atoms with Crippen molar-refractivity contribution in [3.63, 3.8) is 0 Å². The molecule has 0 radical (unpaired) electrons. The number of carbonyl (C=O) groups is 1. The monoisotopic (exact) mass is 301 g/mol. The lowest BCUT2D eigenvalue weighted by Crippen LogP contribution is -2.40. The Morgan fingerprint density at radius 3 is 2.50 bits per heavy atom. The van der Waals surface area contributed by atoms with Gasteiger partial charge in [0, 0.05) is 43.4 Å². The van der Waals surface area contributed by atoms with Crippen LogP contribution in [0.2, 0.25) is 0 Å². The standard InChI is InChI=1S/C18H27N3O/c1-13-11-19-17(15-3-2-4-15)21(13)12-14-7-9-20(10-8-14)18(22)16-5-6-16/h11,14-16H,2-10,12H2,1H3. The number of piperidine rings is 1. The second kappa shape index (κ2) is 5.71. The van der Waals surface area contributed by atoms with Crippen molar-refractivity contribution in [1.29, 1.82) is 0 Å². The summed E-state index contributed by atoms with van der Waals surface area (Å²) in [7, 11) is 0. The first-order valence-corrected chi connectivity index (χ1v) is 9.03. The number of rotatable bonds is 4. The van der Waals surface area contributed by atoms with E-state index >= 15 is 0 Å². The number of hydrogen-bond donors (Lipinski definition) is 0. The van der Waals surface area contributed by atoms with E-state index in [0.717, 1.165) is 45.3 Å². The fourth-order valence-corrected chi connectivity index (χ4v) is 3.89. The molecule has 4 nitrogen and oxygen atoms in total. The average molecular weight is 301 g/mol. The maximum atomic E-state index is 12.1. The van der Waals surface area contributed by atoms with Crippen LogP contribution in [0.25, 0.3) is 0 Å². The summed E-state index contributed by atoms with van der Waals surface area (Å²) < 4.78 is 2.47. The Labute approximate surface area is 132 Å². The third-order valence-electron chi connectivity index (χ3n) is 5.85. The molecule has 1 aromatic heterocycles. The highest BCUT2D eigenvalue weighted by Gasteiger charge is 2.35. The molecule has 1 aromatic rings. The van der Waals surface area contributed by atoms with E-state index in [1.165, 1.54) is 30.8 Å². The SMILES string of the molecule is Cc1cnc(C2CCC2)n1CC1CCN(C(=O)C2CC2)CC1. The van der Waals surface area contributed by atoms with Gasteiger partial charge in [-0.05, 0) is 51.4 Å². The molecule has 3 aliphatic rings. The van der Waals surface area contributed by atoms with Crippen molar-refractivity contribution in [2.75, 3.05) is 13.1 Å². The Morgan fingerprint density at radius 2 is 1.91 bits per heavy atom. The van der Waals surface area contributed by atoms with Crippen molar-refractivity contribution >= 4 is 5.91 Å². The minimum atomic E-state index is 0.373. The maximum absolute atomic E-state index is 12.1. The number of imidazole rings is 1. The first kappa shape index (κ1) is 14.3. The predicted octanol–water partition coefficient (Wildman–Crippen LogP) is 3.11. The Bertz CT molecular complexity index is 549. The van der Waals surface area contributed by atoms with Gasteiger partial charge in [0.2, 0.25) is 5.91 Å². The fraction of sp³-hybridized carbons (Fsp3) is 0.778. The Hall–Kier alpha value is -1.32. The van der Waals surface area contributed by atoms with Gasteiger partial charge in [0.05, 0.1) is 0 Å². The lowest BCUT2D eigenvalue weighted by molar-refractivity contribution is -0.134. The van der Waals surface area contributed by atoms with E-state index in [4.69, 9.17) is 0 Å². The minimum Gasteiger partial charge on any atom is -0.342 e. The van der Waals surface area contributed by atoms with Crippen LogP contribution in [-0.4, -0.2) is 33.4 Å². The van der Waals surface area contributed by atoms with Crippen molar-refractivity contribution in [2.24, 2.45) is 11.8 Å². The Morgan fingerprint density at radius 1 is 1.18 bits per heavy atom. The summed E-state index contributed by atoms with van der Waals surface area (Å²) in [5, 5.41) is 0. The molecule has 22 heavy (non-hydrogen) atoms. The van der Waals surface area contributed by atoms with Gasteiger partial charge in [-0.3, -0.25) is 4.79 Å². The van der Waals surface area contributed by atoms with Gasteiger partial charge >= 0.3 is 0 Å². The molecule has 120 valence electrons. The molecule has 3 fully saturated rings. The van der Waals surface area contributed by atoms with Crippen LogP contribution in [-0.2, 0) is 11.3 Å². The Kier molecular flexibility index (Phi) is 3.71. The maximum Gasteiger partial charge on any atom is 0.225 e. The summed E-state index contributed by atoms with van der Waals surface area (Å²) >= 11 is 0. The largest absolute Gasteiger partial charge is 0.342 e.